The highest BCUT2D eigenvalue weighted by Crippen LogP contribution is 2.22. The van der Waals surface area contributed by atoms with Crippen LogP contribution in [-0.2, 0) is 19.6 Å². The highest BCUT2D eigenvalue weighted by atomic mass is 32.2. The number of carbonyl (C=O) groups excluding carboxylic acids is 2. The van der Waals surface area contributed by atoms with E-state index in [1.54, 1.807) is 23.0 Å². The van der Waals surface area contributed by atoms with E-state index in [0.29, 0.717) is 5.69 Å². The molecule has 2 unspecified atom stereocenters. The molecular weight excluding hydrogens is 470 g/mol. The van der Waals surface area contributed by atoms with Gasteiger partial charge in [0.25, 0.3) is 5.91 Å². The number of amides is 2. The Balaban J connectivity index is 1.35. The van der Waals surface area contributed by atoms with Crippen LogP contribution < -0.4 is 10.6 Å². The lowest BCUT2D eigenvalue weighted by molar-refractivity contribution is -0.115. The van der Waals surface area contributed by atoms with Crippen molar-refractivity contribution in [2.75, 3.05) is 25.0 Å². The Labute approximate surface area is 203 Å². The maximum absolute atomic E-state index is 13.1. The lowest BCUT2D eigenvalue weighted by Crippen LogP contribution is -2.48. The number of carbonyl (C=O) groups is 2. The van der Waals surface area contributed by atoms with E-state index >= 15 is 0 Å². The average molecular weight is 498 g/mol. The molecule has 2 heterocycles. The molecule has 3 aromatic rings. The third-order valence-corrected chi connectivity index (χ3v) is 7.28. The molecule has 4 rings (SSSR count). The summed E-state index contributed by atoms with van der Waals surface area (Å²) >= 11 is 0. The van der Waals surface area contributed by atoms with E-state index in [9.17, 15) is 18.0 Å². The molecule has 1 fully saturated rings. The van der Waals surface area contributed by atoms with Crippen LogP contribution in [0.4, 0.5) is 5.69 Å². The number of benzene rings is 2. The zero-order chi connectivity index (χ0) is 25.0. The molecule has 0 radical (unpaired) electrons. The van der Waals surface area contributed by atoms with Crippen molar-refractivity contribution < 1.29 is 22.7 Å². The van der Waals surface area contributed by atoms with E-state index in [1.807, 2.05) is 38.2 Å². The van der Waals surface area contributed by atoms with Gasteiger partial charge in [-0.3, -0.25) is 9.59 Å². The van der Waals surface area contributed by atoms with Crippen LogP contribution in [0.3, 0.4) is 0 Å². The SMILES string of the molecule is CC1CN(S(=O)(=O)c2cccc(C(=O)NCC(=O)Nc3ccc(-n4cccn4)cc3)c2)CC(C)O1. The van der Waals surface area contributed by atoms with E-state index in [2.05, 4.69) is 15.7 Å². The number of hydrogen-bond acceptors (Lipinski definition) is 6. The summed E-state index contributed by atoms with van der Waals surface area (Å²) in [5, 5.41) is 9.39. The molecule has 35 heavy (non-hydrogen) atoms. The topological polar surface area (TPSA) is 123 Å². The molecule has 2 N–H and O–H groups in total. The fourth-order valence-electron chi connectivity index (χ4n) is 3.86. The zero-order valence-electron chi connectivity index (χ0n) is 19.4. The van der Waals surface area contributed by atoms with Crippen LogP contribution in [0.15, 0.2) is 71.9 Å². The van der Waals surface area contributed by atoms with Gasteiger partial charge in [0, 0.05) is 36.7 Å². The van der Waals surface area contributed by atoms with Gasteiger partial charge >= 0.3 is 0 Å². The minimum absolute atomic E-state index is 0.0215. The second-order valence-corrected chi connectivity index (χ2v) is 10.3. The van der Waals surface area contributed by atoms with Gasteiger partial charge in [-0.05, 0) is 62.4 Å². The van der Waals surface area contributed by atoms with Gasteiger partial charge in [0.2, 0.25) is 15.9 Å². The van der Waals surface area contributed by atoms with E-state index in [0.717, 1.165) is 5.69 Å². The summed E-state index contributed by atoms with van der Waals surface area (Å²) in [7, 11) is -3.79. The van der Waals surface area contributed by atoms with Crippen LogP contribution in [-0.4, -0.2) is 66.2 Å². The number of hydrogen-bond donors (Lipinski definition) is 2. The molecule has 1 aromatic heterocycles. The van der Waals surface area contributed by atoms with Gasteiger partial charge in [-0.25, -0.2) is 13.1 Å². The van der Waals surface area contributed by atoms with Gasteiger partial charge < -0.3 is 15.4 Å². The Morgan fingerprint density at radius 1 is 1.06 bits per heavy atom. The number of ether oxygens (including phenoxy) is 1. The predicted molar refractivity (Wildman–Crippen MR) is 130 cm³/mol. The third-order valence-electron chi connectivity index (χ3n) is 5.45. The predicted octanol–water partition coefficient (Wildman–Crippen LogP) is 2.04. The molecule has 2 amide bonds. The van der Waals surface area contributed by atoms with Gasteiger partial charge in [0.1, 0.15) is 0 Å². The van der Waals surface area contributed by atoms with Crippen molar-refractivity contribution >= 4 is 27.5 Å². The molecule has 0 saturated carbocycles. The number of rotatable bonds is 7. The summed E-state index contributed by atoms with van der Waals surface area (Å²) < 4.78 is 34.9. The van der Waals surface area contributed by atoms with Gasteiger partial charge in [-0.1, -0.05) is 6.07 Å². The normalized spacial score (nSPS) is 18.7. The molecule has 1 saturated heterocycles. The van der Waals surface area contributed by atoms with E-state index in [-0.39, 0.29) is 42.3 Å². The second-order valence-electron chi connectivity index (χ2n) is 8.34. The first kappa shape index (κ1) is 24.6. The molecular formula is C24H27N5O5S. The first-order valence-electron chi connectivity index (χ1n) is 11.2. The molecule has 0 bridgehead atoms. The fourth-order valence-corrected chi connectivity index (χ4v) is 5.50. The van der Waals surface area contributed by atoms with Crippen molar-refractivity contribution in [1.29, 1.82) is 0 Å². The van der Waals surface area contributed by atoms with Gasteiger partial charge in [-0.15, -0.1) is 0 Å². The van der Waals surface area contributed by atoms with Crippen LogP contribution in [0.5, 0.6) is 0 Å². The van der Waals surface area contributed by atoms with Crippen molar-refractivity contribution in [3.05, 3.63) is 72.6 Å². The van der Waals surface area contributed by atoms with Crippen LogP contribution in [0, 0.1) is 0 Å². The van der Waals surface area contributed by atoms with E-state index < -0.39 is 21.8 Å². The minimum Gasteiger partial charge on any atom is -0.373 e. The number of sulfonamides is 1. The van der Waals surface area contributed by atoms with Crippen LogP contribution in [0.25, 0.3) is 5.69 Å². The monoisotopic (exact) mass is 497 g/mol. The molecule has 2 aromatic carbocycles. The second kappa shape index (κ2) is 10.4. The van der Waals surface area contributed by atoms with Crippen LogP contribution in [0.2, 0.25) is 0 Å². The van der Waals surface area contributed by atoms with Gasteiger partial charge in [0.05, 0.1) is 29.3 Å². The summed E-state index contributed by atoms with van der Waals surface area (Å²) in [6, 6.07) is 14.7. The number of aromatic nitrogens is 2. The summed E-state index contributed by atoms with van der Waals surface area (Å²) in [6.07, 6.45) is 3.04. The average Bonchev–Trinajstić information content (AvgIpc) is 3.37. The number of anilines is 1. The van der Waals surface area contributed by atoms with Crippen molar-refractivity contribution in [2.24, 2.45) is 0 Å². The van der Waals surface area contributed by atoms with Crippen molar-refractivity contribution in [3.8, 4) is 5.69 Å². The van der Waals surface area contributed by atoms with Crippen molar-refractivity contribution in [3.63, 3.8) is 0 Å². The molecule has 1 aliphatic rings. The standard InChI is InChI=1S/C24H27N5O5S/c1-17-15-28(16-18(2)34-17)35(32,33)22-6-3-5-19(13-22)24(31)25-14-23(30)27-20-7-9-21(10-8-20)29-12-4-11-26-29/h3-13,17-18H,14-16H2,1-2H3,(H,25,31)(H,27,30). The van der Waals surface area contributed by atoms with Crippen molar-refractivity contribution in [2.45, 2.75) is 31.0 Å². The largest absolute Gasteiger partial charge is 0.373 e. The quantitative estimate of drug-likeness (QED) is 0.515. The summed E-state index contributed by atoms with van der Waals surface area (Å²) in [5.74, 6) is -0.958. The molecule has 10 nitrogen and oxygen atoms in total. The summed E-state index contributed by atoms with van der Waals surface area (Å²) in [6.45, 7) is 3.86. The fraction of sp³-hybridized carbons (Fsp3) is 0.292. The number of morpholine rings is 1. The van der Waals surface area contributed by atoms with Crippen LogP contribution >= 0.6 is 0 Å². The lowest BCUT2D eigenvalue weighted by atomic mass is 10.2. The highest BCUT2D eigenvalue weighted by molar-refractivity contribution is 7.89. The van der Waals surface area contributed by atoms with E-state index in [1.165, 1.54) is 28.6 Å². The van der Waals surface area contributed by atoms with Gasteiger partial charge in [-0.2, -0.15) is 9.40 Å². The Bertz CT molecular complexity index is 1280. The maximum atomic E-state index is 13.1. The van der Waals surface area contributed by atoms with Gasteiger partial charge in [0.15, 0.2) is 0 Å². The first-order chi connectivity index (χ1) is 16.7. The molecule has 1 aliphatic heterocycles. The molecule has 2 atom stereocenters. The minimum atomic E-state index is -3.79. The first-order valence-corrected chi connectivity index (χ1v) is 12.6. The Hall–Kier alpha value is -3.54. The number of nitrogens with one attached hydrogen (secondary N) is 2. The Morgan fingerprint density at radius 3 is 2.43 bits per heavy atom. The summed E-state index contributed by atoms with van der Waals surface area (Å²) in [5.41, 5.74) is 1.57. The molecule has 0 spiro atoms. The number of nitrogens with zero attached hydrogens (tertiary/aromatic N) is 3. The summed E-state index contributed by atoms with van der Waals surface area (Å²) in [4.78, 5) is 24.9. The molecule has 184 valence electrons. The van der Waals surface area contributed by atoms with Crippen LogP contribution in [0.1, 0.15) is 24.2 Å². The van der Waals surface area contributed by atoms with E-state index in [4.69, 9.17) is 4.74 Å². The van der Waals surface area contributed by atoms with Crippen molar-refractivity contribution in [1.82, 2.24) is 19.4 Å². The maximum Gasteiger partial charge on any atom is 0.251 e. The highest BCUT2D eigenvalue weighted by Gasteiger charge is 2.32. The third kappa shape index (κ3) is 5.94. The molecule has 0 aliphatic carbocycles. The zero-order valence-corrected chi connectivity index (χ0v) is 20.2. The molecule has 11 heteroatoms. The Morgan fingerprint density at radius 2 is 1.77 bits per heavy atom. The lowest BCUT2D eigenvalue weighted by Gasteiger charge is -2.34. The smallest absolute Gasteiger partial charge is 0.251 e. The Kier molecular flexibility index (Phi) is 7.29.